The van der Waals surface area contributed by atoms with Crippen LogP contribution in [0.2, 0.25) is 0 Å². The van der Waals surface area contributed by atoms with Gasteiger partial charge in [-0.25, -0.2) is 0 Å². The minimum absolute atomic E-state index is 0. The molecule has 0 fully saturated rings. The molecular formula is C27H43BI2N3O2-. The van der Waals surface area contributed by atoms with Crippen molar-refractivity contribution in [1.82, 2.24) is 5.16 Å². The van der Waals surface area contributed by atoms with Gasteiger partial charge in [-0.2, -0.15) is 0 Å². The van der Waals surface area contributed by atoms with E-state index in [1.54, 1.807) is 0 Å². The van der Waals surface area contributed by atoms with Crippen LogP contribution in [0.15, 0.2) is 76.4 Å². The molecule has 0 spiro atoms. The Morgan fingerprint density at radius 1 is 1.09 bits per heavy atom. The van der Waals surface area contributed by atoms with Crippen molar-refractivity contribution in [3.05, 3.63) is 78.1 Å². The molecule has 3 aromatic rings. The number of benzene rings is 2. The Bertz CT molecular complexity index is 825. The second-order valence-corrected chi connectivity index (χ2v) is 8.67. The Labute approximate surface area is 235 Å². The Morgan fingerprint density at radius 2 is 1.51 bits per heavy atom. The number of oxime groups is 1. The number of terminal acetylenes is 1. The number of halogens is 2. The van der Waals surface area contributed by atoms with Crippen LogP contribution in [0.4, 0.5) is 0 Å². The van der Waals surface area contributed by atoms with Gasteiger partial charge in [-0.15, -0.1) is 6.42 Å². The van der Waals surface area contributed by atoms with Crippen molar-refractivity contribution in [3.8, 4) is 23.6 Å². The van der Waals surface area contributed by atoms with Crippen molar-refractivity contribution in [2.75, 3.05) is 6.54 Å². The Balaban J connectivity index is -0.000000120. The predicted molar refractivity (Wildman–Crippen MR) is 161 cm³/mol. The fourth-order valence-electron chi connectivity index (χ4n) is 1.83. The third-order valence-corrected chi connectivity index (χ3v) is 3.10. The van der Waals surface area contributed by atoms with Crippen LogP contribution in [-0.4, -0.2) is 28.8 Å². The Kier molecular flexibility index (Phi) is 45.4. The number of nitrogens with two attached hydrogens (primary N) is 1. The topological polar surface area (TPSA) is 84.6 Å². The molecule has 196 valence electrons. The van der Waals surface area contributed by atoms with E-state index in [-0.39, 0.29) is 31.9 Å². The zero-order valence-electron chi connectivity index (χ0n) is 20.1. The molecule has 35 heavy (non-hydrogen) atoms. The first-order chi connectivity index (χ1) is 16.2. The van der Waals surface area contributed by atoms with Crippen molar-refractivity contribution < 1.29 is 26.7 Å². The molecule has 1 heterocycles. The second-order valence-electron chi connectivity index (χ2n) is 5.04. The zero-order chi connectivity index (χ0) is 25.7. The third-order valence-electron chi connectivity index (χ3n) is 3.10. The molecule has 2 radical (unpaired) electrons. The molecule has 0 saturated carbocycles. The van der Waals surface area contributed by atoms with E-state index in [4.69, 9.17) is 21.2 Å². The number of rotatable bonds is 3. The number of aromatic nitrogens is 1. The molecule has 0 aliphatic heterocycles. The van der Waals surface area contributed by atoms with E-state index < -0.39 is 0 Å². The van der Waals surface area contributed by atoms with Crippen LogP contribution in [0, 0.1) is 12.3 Å². The monoisotopic (exact) mass is 706 g/mol. The molecule has 0 aliphatic carbocycles. The molecule has 0 unspecified atom stereocenters. The van der Waals surface area contributed by atoms with Gasteiger partial charge in [0.2, 0.25) is 0 Å². The number of nitrogens with zero attached hydrogens (tertiary/aromatic N) is 2. The first kappa shape index (κ1) is 43.3. The van der Waals surface area contributed by atoms with E-state index in [1.165, 1.54) is 6.21 Å². The molecule has 1 aromatic heterocycles. The second kappa shape index (κ2) is 36.7. The van der Waals surface area contributed by atoms with Crippen molar-refractivity contribution in [2.24, 2.45) is 10.9 Å². The van der Waals surface area contributed by atoms with Crippen molar-refractivity contribution >= 4 is 30.5 Å². The molecule has 5 nitrogen and oxygen atoms in total. The summed E-state index contributed by atoms with van der Waals surface area (Å²) in [5.41, 5.74) is 12.7. The first-order valence-electron chi connectivity index (χ1n) is 10.5. The summed E-state index contributed by atoms with van der Waals surface area (Å²) in [6.07, 6.45) is 6.93. The fraction of sp³-hybridized carbons (Fsp3) is 0.333. The van der Waals surface area contributed by atoms with Gasteiger partial charge in [0.05, 0.1) is 12.8 Å². The number of hydrogen-bond donors (Lipinski definition) is 2. The zero-order valence-corrected chi connectivity index (χ0v) is 24.4. The summed E-state index contributed by atoms with van der Waals surface area (Å²) in [5.74, 6) is 3.14. The van der Waals surface area contributed by atoms with E-state index in [1.807, 2.05) is 94.4 Å². The summed E-state index contributed by atoms with van der Waals surface area (Å²) in [6, 6.07) is 21.4. The average molecular weight is 706 g/mol. The molecule has 0 saturated heterocycles. The fourth-order valence-corrected chi connectivity index (χ4v) is 1.83. The van der Waals surface area contributed by atoms with Crippen LogP contribution < -0.4 is 22.7 Å². The predicted octanol–water partition coefficient (Wildman–Crippen LogP) is 4.81. The standard InChI is InChI=1S/C11H11NO.C7H7NO.C3H5N.2C2H6.2CH4.BI2/c1-2-10-8-11(12-13-10)9-6-4-3-5-7-9;9-8-6-7-4-2-1-3-5-7;1-2-3-4;2*1-2;;;1-3-2/h3-8H,2H2,1H3;1-6,9H;1H,3-4H2;2*1-2H3;2*1H4;/q;;;;;;;-1. The first-order valence-corrected chi connectivity index (χ1v) is 18.0. The summed E-state index contributed by atoms with van der Waals surface area (Å²) in [5, 5.41) is 15.0. The quantitative estimate of drug-likeness (QED) is 0.102. The van der Waals surface area contributed by atoms with E-state index in [0.29, 0.717) is 6.54 Å². The van der Waals surface area contributed by atoms with Gasteiger partial charge in [-0.05, 0) is 5.56 Å². The maximum absolute atomic E-state index is 8.09. The molecule has 0 amide bonds. The van der Waals surface area contributed by atoms with Crippen LogP contribution >= 0.6 is 18.6 Å². The van der Waals surface area contributed by atoms with Crippen LogP contribution in [-0.2, 0) is 6.42 Å². The van der Waals surface area contributed by atoms with Gasteiger partial charge in [0, 0.05) is 18.1 Å². The summed E-state index contributed by atoms with van der Waals surface area (Å²) in [7, 11) is 0. The molecule has 8 heteroatoms. The van der Waals surface area contributed by atoms with Gasteiger partial charge in [0.15, 0.2) is 0 Å². The molecule has 3 N–H and O–H groups in total. The van der Waals surface area contributed by atoms with Crippen molar-refractivity contribution in [2.45, 2.75) is 55.9 Å². The van der Waals surface area contributed by atoms with Gasteiger partial charge >= 0.3 is 41.3 Å². The third kappa shape index (κ3) is 26.6. The SMILES string of the molecule is C.C.C#CCN.CC.CC.CCc1cc(-c2ccccc2)no1.ON=Cc1ccccc1.[B][I-]I. The van der Waals surface area contributed by atoms with Crippen molar-refractivity contribution in [3.63, 3.8) is 0 Å². The van der Waals surface area contributed by atoms with E-state index >= 15 is 0 Å². The van der Waals surface area contributed by atoms with Crippen LogP contribution in [0.5, 0.6) is 0 Å². The summed E-state index contributed by atoms with van der Waals surface area (Å²) in [6.45, 7) is 10.4. The van der Waals surface area contributed by atoms with Gasteiger partial charge in [0.1, 0.15) is 11.5 Å². The minimum atomic E-state index is 0. The summed E-state index contributed by atoms with van der Waals surface area (Å²) >= 11 is 2.24. The molecule has 3 rings (SSSR count). The maximum atomic E-state index is 8.09. The van der Waals surface area contributed by atoms with Gasteiger partial charge in [0.25, 0.3) is 0 Å². The number of aryl methyl sites for hydroxylation is 1. The Hall–Kier alpha value is -1.84. The normalized spacial score (nSPS) is 7.94. The van der Waals surface area contributed by atoms with Crippen molar-refractivity contribution in [1.29, 1.82) is 0 Å². The van der Waals surface area contributed by atoms with Gasteiger partial charge in [-0.3, -0.25) is 0 Å². The van der Waals surface area contributed by atoms with E-state index in [0.717, 1.165) is 29.0 Å². The molecular weight excluding hydrogens is 663 g/mol. The number of hydrogen-bond acceptors (Lipinski definition) is 5. The Morgan fingerprint density at radius 3 is 1.86 bits per heavy atom. The molecule has 0 atom stereocenters. The van der Waals surface area contributed by atoms with Crippen LogP contribution in [0.1, 0.15) is 60.8 Å². The van der Waals surface area contributed by atoms with Crippen LogP contribution in [0.3, 0.4) is 0 Å². The summed E-state index contributed by atoms with van der Waals surface area (Å²) in [4.78, 5) is 0. The average Bonchev–Trinajstić information content (AvgIpc) is 3.38. The van der Waals surface area contributed by atoms with Crippen LogP contribution in [0.25, 0.3) is 11.3 Å². The van der Waals surface area contributed by atoms with Gasteiger partial charge < -0.3 is 15.5 Å². The molecule has 2 aromatic carbocycles. The van der Waals surface area contributed by atoms with E-state index in [9.17, 15) is 0 Å². The summed E-state index contributed by atoms with van der Waals surface area (Å²) < 4.78 is 5.12. The molecule has 0 aliphatic rings. The van der Waals surface area contributed by atoms with Gasteiger partial charge in [-0.1, -0.05) is 126 Å². The van der Waals surface area contributed by atoms with E-state index in [2.05, 4.69) is 48.2 Å². The molecule has 0 bridgehead atoms.